The van der Waals surface area contributed by atoms with Crippen LogP contribution in [0.3, 0.4) is 0 Å². The van der Waals surface area contributed by atoms with E-state index < -0.39 is 0 Å². The lowest BCUT2D eigenvalue weighted by molar-refractivity contribution is 0.130. The van der Waals surface area contributed by atoms with Crippen molar-refractivity contribution >= 4 is 6.03 Å². The van der Waals surface area contributed by atoms with Crippen LogP contribution in [0.1, 0.15) is 44.2 Å². The number of likely N-dealkylation sites (tertiary alicyclic amines) is 1. The predicted molar refractivity (Wildman–Crippen MR) is 94.4 cm³/mol. The molecule has 7 nitrogen and oxygen atoms in total. The first-order valence-electron chi connectivity index (χ1n) is 8.83. The lowest BCUT2D eigenvalue weighted by Crippen LogP contribution is -2.49. The Morgan fingerprint density at radius 3 is 2.84 bits per heavy atom. The number of aliphatic hydroxyl groups is 1. The molecule has 1 fully saturated rings. The number of urea groups is 1. The molecule has 0 aliphatic carbocycles. The number of piperidine rings is 1. The van der Waals surface area contributed by atoms with Gasteiger partial charge in [-0.3, -0.25) is 0 Å². The average molecular weight is 343 g/mol. The van der Waals surface area contributed by atoms with Crippen LogP contribution in [-0.2, 0) is 0 Å². The Labute approximate surface area is 147 Å². The van der Waals surface area contributed by atoms with E-state index in [1.54, 1.807) is 17.1 Å². The maximum absolute atomic E-state index is 12.6. The predicted octanol–water partition coefficient (Wildman–Crippen LogP) is 2.27. The summed E-state index contributed by atoms with van der Waals surface area (Å²) in [5, 5.41) is 20.1. The summed E-state index contributed by atoms with van der Waals surface area (Å²) in [6, 6.07) is 7.90. The molecule has 1 aliphatic rings. The van der Waals surface area contributed by atoms with Crippen molar-refractivity contribution in [2.45, 2.75) is 44.7 Å². The second-order valence-corrected chi connectivity index (χ2v) is 6.47. The fourth-order valence-corrected chi connectivity index (χ4v) is 3.33. The second-order valence-electron chi connectivity index (χ2n) is 6.47. The highest BCUT2D eigenvalue weighted by molar-refractivity contribution is 5.75. The maximum Gasteiger partial charge on any atom is 0.318 e. The Morgan fingerprint density at radius 2 is 2.16 bits per heavy atom. The lowest BCUT2D eigenvalue weighted by Gasteiger charge is -2.36. The van der Waals surface area contributed by atoms with Gasteiger partial charge in [0.05, 0.1) is 24.1 Å². The number of hydrogen-bond acceptors (Lipinski definition) is 4. The molecule has 2 atom stereocenters. The van der Waals surface area contributed by atoms with E-state index in [1.807, 2.05) is 36.1 Å². The number of rotatable bonds is 5. The zero-order chi connectivity index (χ0) is 17.6. The number of aliphatic hydroxyl groups excluding tert-OH is 1. The molecule has 0 spiro atoms. The van der Waals surface area contributed by atoms with Gasteiger partial charge in [-0.15, -0.1) is 5.10 Å². The van der Waals surface area contributed by atoms with Gasteiger partial charge in [-0.25, -0.2) is 9.48 Å². The van der Waals surface area contributed by atoms with Gasteiger partial charge in [-0.05, 0) is 50.3 Å². The van der Waals surface area contributed by atoms with Crippen molar-refractivity contribution in [1.82, 2.24) is 25.2 Å². The highest BCUT2D eigenvalue weighted by Gasteiger charge is 2.27. The van der Waals surface area contributed by atoms with Crippen LogP contribution in [0, 0.1) is 0 Å². The zero-order valence-electron chi connectivity index (χ0n) is 14.5. The first-order chi connectivity index (χ1) is 12.2. The largest absolute Gasteiger partial charge is 0.396 e. The minimum Gasteiger partial charge on any atom is -0.396 e. The summed E-state index contributed by atoms with van der Waals surface area (Å²) in [5.74, 6) is 0. The summed E-state index contributed by atoms with van der Waals surface area (Å²) in [6.07, 6.45) is 7.18. The number of carbonyl (C=O) groups is 1. The van der Waals surface area contributed by atoms with Crippen LogP contribution in [0.2, 0.25) is 0 Å². The van der Waals surface area contributed by atoms with Crippen molar-refractivity contribution < 1.29 is 9.90 Å². The van der Waals surface area contributed by atoms with Crippen LogP contribution >= 0.6 is 0 Å². The van der Waals surface area contributed by atoms with Gasteiger partial charge >= 0.3 is 6.03 Å². The summed E-state index contributed by atoms with van der Waals surface area (Å²) in [4.78, 5) is 14.5. The van der Waals surface area contributed by atoms with Crippen molar-refractivity contribution in [2.24, 2.45) is 0 Å². The molecule has 2 amide bonds. The third kappa shape index (κ3) is 4.17. The minimum atomic E-state index is -0.0889. The van der Waals surface area contributed by atoms with Crippen LogP contribution in [0.4, 0.5) is 4.79 Å². The van der Waals surface area contributed by atoms with Crippen molar-refractivity contribution in [2.75, 3.05) is 13.2 Å². The molecule has 3 rings (SSSR count). The van der Waals surface area contributed by atoms with E-state index in [0.29, 0.717) is 6.42 Å². The summed E-state index contributed by atoms with van der Waals surface area (Å²) in [5.41, 5.74) is 1.96. The van der Waals surface area contributed by atoms with Crippen molar-refractivity contribution in [3.05, 3.63) is 42.2 Å². The van der Waals surface area contributed by atoms with Gasteiger partial charge in [0.2, 0.25) is 0 Å². The maximum atomic E-state index is 12.6. The van der Waals surface area contributed by atoms with Gasteiger partial charge in [-0.2, -0.15) is 0 Å². The summed E-state index contributed by atoms with van der Waals surface area (Å²) < 4.78 is 1.69. The molecule has 0 bridgehead atoms. The molecule has 0 radical (unpaired) electrons. The molecule has 1 saturated heterocycles. The van der Waals surface area contributed by atoms with Gasteiger partial charge in [0.25, 0.3) is 0 Å². The van der Waals surface area contributed by atoms with Gasteiger partial charge in [0, 0.05) is 19.2 Å². The molecule has 0 unspecified atom stereocenters. The van der Waals surface area contributed by atoms with Crippen LogP contribution in [0.25, 0.3) is 5.69 Å². The smallest absolute Gasteiger partial charge is 0.318 e. The third-order valence-corrected chi connectivity index (χ3v) is 4.77. The highest BCUT2D eigenvalue weighted by Crippen LogP contribution is 2.21. The number of amides is 2. The normalized spacial score (nSPS) is 18.8. The van der Waals surface area contributed by atoms with Gasteiger partial charge in [-0.1, -0.05) is 17.3 Å². The number of nitrogens with zero attached hydrogens (tertiary/aromatic N) is 4. The lowest BCUT2D eigenvalue weighted by atomic mass is 10.00. The molecule has 2 N–H and O–H groups in total. The number of benzene rings is 1. The van der Waals surface area contributed by atoms with Gasteiger partial charge < -0.3 is 15.3 Å². The molecule has 2 heterocycles. The minimum absolute atomic E-state index is 0.0500. The zero-order valence-corrected chi connectivity index (χ0v) is 14.5. The monoisotopic (exact) mass is 343 g/mol. The molecule has 7 heteroatoms. The Kier molecular flexibility index (Phi) is 5.65. The molecule has 1 aliphatic heterocycles. The number of nitrogens with one attached hydrogen (secondary N) is 1. The molecule has 0 saturated carbocycles. The molecular formula is C18H25N5O2. The Balaban J connectivity index is 1.62. The van der Waals surface area contributed by atoms with Crippen molar-refractivity contribution in [1.29, 1.82) is 0 Å². The molecular weight excluding hydrogens is 318 g/mol. The second kappa shape index (κ2) is 8.11. The Hall–Kier alpha value is -2.41. The number of carbonyl (C=O) groups excluding carboxylic acids is 1. The average Bonchev–Trinajstić information content (AvgIpc) is 3.17. The van der Waals surface area contributed by atoms with E-state index in [4.69, 9.17) is 0 Å². The van der Waals surface area contributed by atoms with E-state index in [9.17, 15) is 9.90 Å². The Bertz CT molecular complexity index is 669. The molecule has 25 heavy (non-hydrogen) atoms. The van der Waals surface area contributed by atoms with Gasteiger partial charge in [0.15, 0.2) is 0 Å². The first-order valence-corrected chi connectivity index (χ1v) is 8.83. The first kappa shape index (κ1) is 17.4. The van der Waals surface area contributed by atoms with E-state index in [0.717, 1.165) is 37.1 Å². The van der Waals surface area contributed by atoms with E-state index in [1.165, 1.54) is 0 Å². The third-order valence-electron chi connectivity index (χ3n) is 4.77. The fraction of sp³-hybridized carbons (Fsp3) is 0.500. The molecule has 134 valence electrons. The quantitative estimate of drug-likeness (QED) is 0.872. The molecule has 2 aromatic rings. The van der Waals surface area contributed by atoms with Crippen LogP contribution in [0.5, 0.6) is 0 Å². The number of aromatic nitrogens is 3. The topological polar surface area (TPSA) is 83.3 Å². The van der Waals surface area contributed by atoms with E-state index >= 15 is 0 Å². The standard InChI is InChI=1S/C18H25N5O2/c1-14(15-5-7-17(8-6-15)23-12-10-19-21-23)20-18(25)22-11-3-2-4-16(22)9-13-24/h5-8,10,12,14,16,24H,2-4,9,11,13H2,1H3,(H,20,25)/t14-,16+/m0/s1. The molecule has 1 aromatic carbocycles. The van der Waals surface area contributed by atoms with Crippen LogP contribution in [0.15, 0.2) is 36.7 Å². The SMILES string of the molecule is C[C@H](NC(=O)N1CCCC[C@@H]1CCO)c1ccc(-n2ccnn2)cc1. The number of hydrogen-bond donors (Lipinski definition) is 2. The fourth-order valence-electron chi connectivity index (χ4n) is 3.33. The van der Waals surface area contributed by atoms with E-state index in [2.05, 4.69) is 15.6 Å². The van der Waals surface area contributed by atoms with Crippen LogP contribution < -0.4 is 5.32 Å². The van der Waals surface area contributed by atoms with Crippen LogP contribution in [-0.4, -0.2) is 50.2 Å². The van der Waals surface area contributed by atoms with Crippen molar-refractivity contribution in [3.8, 4) is 5.69 Å². The summed E-state index contributed by atoms with van der Waals surface area (Å²) >= 11 is 0. The van der Waals surface area contributed by atoms with Crippen molar-refractivity contribution in [3.63, 3.8) is 0 Å². The van der Waals surface area contributed by atoms with E-state index in [-0.39, 0.29) is 24.7 Å². The summed E-state index contributed by atoms with van der Waals surface area (Å²) in [6.45, 7) is 2.86. The van der Waals surface area contributed by atoms with Gasteiger partial charge in [0.1, 0.15) is 0 Å². The Morgan fingerprint density at radius 1 is 1.36 bits per heavy atom. The highest BCUT2D eigenvalue weighted by atomic mass is 16.3. The summed E-state index contributed by atoms with van der Waals surface area (Å²) in [7, 11) is 0. The molecule has 1 aromatic heterocycles.